The van der Waals surface area contributed by atoms with Gasteiger partial charge in [-0.25, -0.2) is 0 Å². The lowest BCUT2D eigenvalue weighted by Gasteiger charge is -2.30. The van der Waals surface area contributed by atoms with Gasteiger partial charge < -0.3 is 31.6 Å². The van der Waals surface area contributed by atoms with Crippen molar-refractivity contribution in [1.82, 2.24) is 9.88 Å². The maximum atomic E-state index is 6.27. The third kappa shape index (κ3) is 4.29. The van der Waals surface area contributed by atoms with Gasteiger partial charge in [-0.1, -0.05) is 0 Å². The topological polar surface area (TPSA) is 113 Å². The Balaban J connectivity index is 2.38. The Hall–Kier alpha value is -2.41. The standard InChI is InChI=1S/C16H25N5O2/c1-3-23-16(19)15(21-4-6-22-7-5-21)9-14(18)13-8-12(17)10-20-11(13)2/h8-10H,3-7,17-19H2,1-2H3/b14-9-,16-15-. The van der Waals surface area contributed by atoms with E-state index < -0.39 is 0 Å². The number of nitrogens with two attached hydrogens (primary N) is 3. The molecule has 0 spiro atoms. The van der Waals surface area contributed by atoms with Crippen molar-refractivity contribution in [2.45, 2.75) is 13.8 Å². The number of nitrogen functional groups attached to an aromatic ring is 1. The second-order valence-corrected chi connectivity index (χ2v) is 5.28. The summed E-state index contributed by atoms with van der Waals surface area (Å²) in [7, 11) is 0. The number of aromatic nitrogens is 1. The third-order valence-corrected chi connectivity index (χ3v) is 3.62. The number of aryl methyl sites for hydroxylation is 1. The molecule has 1 aliphatic rings. The van der Waals surface area contributed by atoms with E-state index in [0.717, 1.165) is 30.0 Å². The molecule has 7 heteroatoms. The summed E-state index contributed by atoms with van der Waals surface area (Å²) in [6.45, 7) is 7.04. The van der Waals surface area contributed by atoms with Gasteiger partial charge in [0.05, 0.1) is 37.4 Å². The van der Waals surface area contributed by atoms with Crippen LogP contribution in [-0.2, 0) is 9.47 Å². The molecule has 1 saturated heterocycles. The number of nitrogens with zero attached hydrogens (tertiary/aromatic N) is 2. The van der Waals surface area contributed by atoms with Gasteiger partial charge in [-0.2, -0.15) is 0 Å². The predicted octanol–water partition coefficient (Wildman–Crippen LogP) is 0.768. The highest BCUT2D eigenvalue weighted by atomic mass is 16.5. The molecule has 2 rings (SSSR count). The largest absolute Gasteiger partial charge is 0.478 e. The molecular formula is C16H25N5O2. The molecule has 0 bridgehead atoms. The Morgan fingerprint density at radius 3 is 2.74 bits per heavy atom. The molecule has 6 N–H and O–H groups in total. The number of pyridine rings is 1. The highest BCUT2D eigenvalue weighted by Gasteiger charge is 2.17. The van der Waals surface area contributed by atoms with Crippen LogP contribution in [-0.4, -0.2) is 42.8 Å². The summed E-state index contributed by atoms with van der Waals surface area (Å²) >= 11 is 0. The van der Waals surface area contributed by atoms with Crippen LogP contribution in [0.4, 0.5) is 5.69 Å². The van der Waals surface area contributed by atoms with E-state index in [-0.39, 0.29) is 0 Å². The van der Waals surface area contributed by atoms with E-state index in [0.29, 0.717) is 37.1 Å². The zero-order valence-electron chi connectivity index (χ0n) is 13.7. The van der Waals surface area contributed by atoms with E-state index >= 15 is 0 Å². The van der Waals surface area contributed by atoms with Crippen LogP contribution in [0.3, 0.4) is 0 Å². The van der Waals surface area contributed by atoms with Crippen molar-refractivity contribution in [3.8, 4) is 0 Å². The molecule has 1 aromatic rings. The molecule has 2 heterocycles. The van der Waals surface area contributed by atoms with Gasteiger partial charge in [0.2, 0.25) is 5.88 Å². The monoisotopic (exact) mass is 319 g/mol. The molecule has 1 fully saturated rings. The fourth-order valence-corrected chi connectivity index (χ4v) is 2.42. The van der Waals surface area contributed by atoms with Gasteiger partial charge in [0, 0.05) is 30.0 Å². The lowest BCUT2D eigenvalue weighted by Crippen LogP contribution is -2.37. The Morgan fingerprint density at radius 1 is 1.39 bits per heavy atom. The van der Waals surface area contributed by atoms with Gasteiger partial charge in [-0.15, -0.1) is 0 Å². The Kier molecular flexibility index (Phi) is 5.70. The first-order chi connectivity index (χ1) is 11.0. The van der Waals surface area contributed by atoms with E-state index in [1.54, 1.807) is 6.20 Å². The summed E-state index contributed by atoms with van der Waals surface area (Å²) in [6.07, 6.45) is 3.43. The fourth-order valence-electron chi connectivity index (χ4n) is 2.42. The second kappa shape index (κ2) is 7.73. The summed E-state index contributed by atoms with van der Waals surface area (Å²) in [6, 6.07) is 1.81. The van der Waals surface area contributed by atoms with Gasteiger partial charge >= 0.3 is 0 Å². The van der Waals surface area contributed by atoms with Crippen LogP contribution in [0.2, 0.25) is 0 Å². The molecule has 126 valence electrons. The molecule has 0 aliphatic carbocycles. The molecule has 0 atom stereocenters. The van der Waals surface area contributed by atoms with Crippen molar-refractivity contribution in [2.75, 3.05) is 38.6 Å². The van der Waals surface area contributed by atoms with E-state index in [4.69, 9.17) is 26.7 Å². The molecule has 23 heavy (non-hydrogen) atoms. The maximum Gasteiger partial charge on any atom is 0.208 e. The average Bonchev–Trinajstić information content (AvgIpc) is 2.55. The second-order valence-electron chi connectivity index (χ2n) is 5.28. The Morgan fingerprint density at radius 2 is 2.09 bits per heavy atom. The Labute approximate surface area is 136 Å². The number of hydrogen-bond acceptors (Lipinski definition) is 7. The van der Waals surface area contributed by atoms with Crippen molar-refractivity contribution < 1.29 is 9.47 Å². The van der Waals surface area contributed by atoms with E-state index in [1.807, 2.05) is 26.0 Å². The number of anilines is 1. The molecule has 0 amide bonds. The number of hydrogen-bond donors (Lipinski definition) is 3. The smallest absolute Gasteiger partial charge is 0.208 e. The van der Waals surface area contributed by atoms with Gasteiger partial charge in [-0.3, -0.25) is 4.98 Å². The zero-order chi connectivity index (χ0) is 16.8. The van der Waals surface area contributed by atoms with Gasteiger partial charge in [0.15, 0.2) is 0 Å². The summed E-state index contributed by atoms with van der Waals surface area (Å²) in [4.78, 5) is 6.35. The highest BCUT2D eigenvalue weighted by Crippen LogP contribution is 2.20. The molecule has 0 aromatic carbocycles. The fraction of sp³-hybridized carbons (Fsp3) is 0.438. The predicted molar refractivity (Wildman–Crippen MR) is 90.8 cm³/mol. The summed E-state index contributed by atoms with van der Waals surface area (Å²) in [5.74, 6) is 0.354. The SMILES string of the molecule is CCO/C(N)=C(/C=C(\N)c1cc(N)cnc1C)N1CCOCC1. The number of morpholine rings is 1. The maximum absolute atomic E-state index is 6.27. The van der Waals surface area contributed by atoms with Crippen LogP contribution in [0, 0.1) is 6.92 Å². The normalized spacial score (nSPS) is 17.0. The van der Waals surface area contributed by atoms with Crippen molar-refractivity contribution in [2.24, 2.45) is 11.5 Å². The van der Waals surface area contributed by atoms with Crippen LogP contribution >= 0.6 is 0 Å². The van der Waals surface area contributed by atoms with Crippen LogP contribution < -0.4 is 17.2 Å². The van der Waals surface area contributed by atoms with Gasteiger partial charge in [0.25, 0.3) is 0 Å². The van der Waals surface area contributed by atoms with Crippen molar-refractivity contribution in [3.05, 3.63) is 41.2 Å². The van der Waals surface area contributed by atoms with Crippen molar-refractivity contribution in [3.63, 3.8) is 0 Å². The first-order valence-corrected chi connectivity index (χ1v) is 7.67. The van der Waals surface area contributed by atoms with Crippen molar-refractivity contribution in [1.29, 1.82) is 0 Å². The number of rotatable bonds is 5. The molecular weight excluding hydrogens is 294 g/mol. The number of allylic oxidation sites excluding steroid dienone is 1. The molecule has 0 radical (unpaired) electrons. The minimum absolute atomic E-state index is 0.354. The average molecular weight is 319 g/mol. The minimum Gasteiger partial charge on any atom is -0.478 e. The lowest BCUT2D eigenvalue weighted by molar-refractivity contribution is 0.0519. The van der Waals surface area contributed by atoms with Crippen molar-refractivity contribution >= 4 is 11.4 Å². The van der Waals surface area contributed by atoms with Crippen LogP contribution in [0.1, 0.15) is 18.2 Å². The third-order valence-electron chi connectivity index (χ3n) is 3.62. The van der Waals surface area contributed by atoms with E-state index in [2.05, 4.69) is 9.88 Å². The molecule has 1 aromatic heterocycles. The first-order valence-electron chi connectivity index (χ1n) is 7.67. The summed E-state index contributed by atoms with van der Waals surface area (Å²) < 4.78 is 10.9. The quantitative estimate of drug-likeness (QED) is 0.542. The lowest BCUT2D eigenvalue weighted by atomic mass is 10.1. The van der Waals surface area contributed by atoms with E-state index in [9.17, 15) is 0 Å². The zero-order valence-corrected chi connectivity index (χ0v) is 13.7. The summed E-state index contributed by atoms with van der Waals surface area (Å²) in [5, 5.41) is 0. The van der Waals surface area contributed by atoms with Crippen LogP contribution in [0.5, 0.6) is 0 Å². The van der Waals surface area contributed by atoms with Gasteiger partial charge in [-0.05, 0) is 26.0 Å². The number of ether oxygens (including phenoxy) is 2. The first kappa shape index (κ1) is 17.0. The molecule has 1 aliphatic heterocycles. The van der Waals surface area contributed by atoms with Gasteiger partial charge in [0.1, 0.15) is 0 Å². The molecule has 0 unspecified atom stereocenters. The molecule has 0 saturated carbocycles. The Bertz CT molecular complexity index is 606. The van der Waals surface area contributed by atoms with Crippen LogP contribution in [0.25, 0.3) is 5.70 Å². The summed E-state index contributed by atoms with van der Waals surface area (Å²) in [5.41, 5.74) is 21.6. The minimum atomic E-state index is 0.354. The van der Waals surface area contributed by atoms with E-state index in [1.165, 1.54) is 0 Å². The van der Waals surface area contributed by atoms with Crippen LogP contribution in [0.15, 0.2) is 29.9 Å². The molecule has 7 nitrogen and oxygen atoms in total. The highest BCUT2D eigenvalue weighted by molar-refractivity contribution is 5.69.